The van der Waals surface area contributed by atoms with Crippen molar-refractivity contribution in [2.75, 3.05) is 26.5 Å². The van der Waals surface area contributed by atoms with Crippen LogP contribution in [0.1, 0.15) is 5.56 Å². The maximum absolute atomic E-state index is 11.8. The molecular weight excluding hydrogens is 542 g/mol. The van der Waals surface area contributed by atoms with Gasteiger partial charge in [0.05, 0.1) is 39.9 Å². The van der Waals surface area contributed by atoms with Gasteiger partial charge in [0.1, 0.15) is 23.8 Å². The molecule has 4 atom stereocenters. The van der Waals surface area contributed by atoms with E-state index in [2.05, 4.69) is 9.98 Å². The average Bonchev–Trinajstić information content (AvgIpc) is 3.59. The molecule has 0 aliphatic carbocycles. The molecule has 202 valence electrons. The number of aromatic amines is 1. The molecule has 2 aromatic carbocycles. The second-order valence-electron chi connectivity index (χ2n) is 9.66. The zero-order chi connectivity index (χ0) is 27.3. The largest absolute Gasteiger partial charge is 0.470 e. The number of nitrogens with zero attached hydrogens (tertiary/aromatic N) is 2. The minimum atomic E-state index is -3.25. The molecule has 2 aliphatic heterocycles. The molecule has 9 nitrogen and oxygen atoms in total. The van der Waals surface area contributed by atoms with E-state index >= 15 is 0 Å². The van der Waals surface area contributed by atoms with E-state index in [4.69, 9.17) is 30.8 Å². The number of halogens is 1. The SMILES string of the molecule is C/N=C/c1c(O[C@@H]2CO[C@H]3[C@@H]2OC[C@H]3O)[nH]c2cc(Cl)c(-c3ccc(-c4ccc(S(C)(=O)=O)cc4)cc3)nc12. The number of aliphatic imine (C=N–C) groups is 1. The van der Waals surface area contributed by atoms with Gasteiger partial charge < -0.3 is 24.3 Å². The Morgan fingerprint density at radius 2 is 1.69 bits per heavy atom. The van der Waals surface area contributed by atoms with Gasteiger partial charge in [0.2, 0.25) is 5.88 Å². The lowest BCUT2D eigenvalue weighted by atomic mass is 10.0. The Labute approximate surface area is 230 Å². The van der Waals surface area contributed by atoms with Gasteiger partial charge in [-0.05, 0) is 29.3 Å². The molecule has 0 unspecified atom stereocenters. The summed E-state index contributed by atoms with van der Waals surface area (Å²) in [6, 6.07) is 16.3. The number of fused-ring (bicyclic) bond motifs is 2. The first kappa shape index (κ1) is 26.0. The van der Waals surface area contributed by atoms with Crippen LogP contribution in [0.5, 0.6) is 5.88 Å². The summed E-state index contributed by atoms with van der Waals surface area (Å²) in [5.74, 6) is 0.475. The van der Waals surface area contributed by atoms with Crippen LogP contribution < -0.4 is 4.74 Å². The van der Waals surface area contributed by atoms with E-state index in [-0.39, 0.29) is 17.6 Å². The van der Waals surface area contributed by atoms with Gasteiger partial charge in [-0.2, -0.15) is 0 Å². The van der Waals surface area contributed by atoms with Crippen molar-refractivity contribution in [1.82, 2.24) is 9.97 Å². The molecular formula is C28H26ClN3O6S. The summed E-state index contributed by atoms with van der Waals surface area (Å²) in [6.45, 7) is 0.518. The molecule has 0 amide bonds. The average molecular weight is 568 g/mol. The van der Waals surface area contributed by atoms with Crippen LogP contribution >= 0.6 is 11.6 Å². The van der Waals surface area contributed by atoms with Gasteiger partial charge in [0, 0.05) is 25.1 Å². The Balaban J connectivity index is 1.31. The normalized spacial score (nSPS) is 23.1. The molecule has 0 spiro atoms. The van der Waals surface area contributed by atoms with E-state index < -0.39 is 28.1 Å². The second kappa shape index (κ2) is 10.0. The molecule has 39 heavy (non-hydrogen) atoms. The molecule has 2 saturated heterocycles. The predicted octanol–water partition coefficient (Wildman–Crippen LogP) is 3.91. The van der Waals surface area contributed by atoms with E-state index in [1.807, 2.05) is 24.3 Å². The lowest BCUT2D eigenvalue weighted by Gasteiger charge is -2.17. The fourth-order valence-electron chi connectivity index (χ4n) is 5.04. The Kier molecular flexibility index (Phi) is 6.68. The predicted molar refractivity (Wildman–Crippen MR) is 149 cm³/mol. The van der Waals surface area contributed by atoms with Crippen molar-refractivity contribution in [3.8, 4) is 28.3 Å². The van der Waals surface area contributed by atoms with Crippen molar-refractivity contribution in [3.63, 3.8) is 0 Å². The summed E-state index contributed by atoms with van der Waals surface area (Å²) < 4.78 is 41.2. The summed E-state index contributed by atoms with van der Waals surface area (Å²) in [5.41, 5.74) is 5.28. The highest BCUT2D eigenvalue weighted by Crippen LogP contribution is 2.36. The number of hydrogen-bond acceptors (Lipinski definition) is 8. The molecule has 4 aromatic rings. The molecule has 2 aliphatic rings. The number of ether oxygens (including phenoxy) is 3. The van der Waals surface area contributed by atoms with E-state index in [9.17, 15) is 13.5 Å². The van der Waals surface area contributed by atoms with Gasteiger partial charge in [-0.3, -0.25) is 4.99 Å². The summed E-state index contributed by atoms with van der Waals surface area (Å²) in [6.07, 6.45) is 1.06. The third-order valence-electron chi connectivity index (χ3n) is 7.01. The summed E-state index contributed by atoms with van der Waals surface area (Å²) in [4.78, 5) is 12.6. The lowest BCUT2D eigenvalue weighted by molar-refractivity contribution is 0.00792. The van der Waals surface area contributed by atoms with Gasteiger partial charge in [0.25, 0.3) is 0 Å². The van der Waals surface area contributed by atoms with Crippen LogP contribution in [-0.4, -0.2) is 80.6 Å². The second-order valence-corrected chi connectivity index (χ2v) is 12.1. The Morgan fingerprint density at radius 3 is 2.36 bits per heavy atom. The quantitative estimate of drug-likeness (QED) is 0.339. The lowest BCUT2D eigenvalue weighted by Crippen LogP contribution is -2.34. The summed E-state index contributed by atoms with van der Waals surface area (Å²) in [5, 5.41) is 10.5. The van der Waals surface area contributed by atoms with Crippen LogP contribution in [0.15, 0.2) is 64.5 Å². The van der Waals surface area contributed by atoms with Gasteiger partial charge in [-0.25, -0.2) is 13.4 Å². The zero-order valence-electron chi connectivity index (χ0n) is 21.2. The standard InChI is InChI=1S/C28H26ClN3O6S/c1-30-12-19-25-21(31-28(19)38-23-14-37-26-22(33)13-36-27(23)26)11-20(29)24(32-25)17-5-3-15(4-6-17)16-7-9-18(10-8-16)39(2,34)35/h3-12,22-23,26-27,31,33H,13-14H2,1-2H3/b30-12+/t22-,23-,26-,27-/m1/s1. The van der Waals surface area contributed by atoms with Crippen molar-refractivity contribution in [3.05, 3.63) is 65.2 Å². The van der Waals surface area contributed by atoms with Crippen LogP contribution in [-0.2, 0) is 19.3 Å². The van der Waals surface area contributed by atoms with Crippen LogP contribution in [0.4, 0.5) is 0 Å². The summed E-state index contributed by atoms with van der Waals surface area (Å²) >= 11 is 6.67. The number of aromatic nitrogens is 2. The van der Waals surface area contributed by atoms with Crippen molar-refractivity contribution in [2.24, 2.45) is 4.99 Å². The molecule has 2 aromatic heterocycles. The summed E-state index contributed by atoms with van der Waals surface area (Å²) in [7, 11) is -1.58. The van der Waals surface area contributed by atoms with Gasteiger partial charge in [0.15, 0.2) is 15.9 Å². The Morgan fingerprint density at radius 1 is 1.05 bits per heavy atom. The first-order valence-electron chi connectivity index (χ1n) is 12.4. The third kappa shape index (κ3) is 4.83. The maximum Gasteiger partial charge on any atom is 0.203 e. The number of nitrogens with one attached hydrogen (secondary N) is 1. The van der Waals surface area contributed by atoms with E-state index in [1.54, 1.807) is 43.6 Å². The van der Waals surface area contributed by atoms with E-state index in [0.717, 1.165) is 16.7 Å². The van der Waals surface area contributed by atoms with E-state index in [1.165, 1.54) is 6.26 Å². The molecule has 0 bridgehead atoms. The maximum atomic E-state index is 11.8. The number of rotatable bonds is 6. The number of hydrogen-bond donors (Lipinski definition) is 2. The van der Waals surface area contributed by atoms with Crippen molar-refractivity contribution in [1.29, 1.82) is 0 Å². The van der Waals surface area contributed by atoms with Crippen LogP contribution in [0, 0.1) is 0 Å². The van der Waals surface area contributed by atoms with Crippen LogP contribution in [0.25, 0.3) is 33.4 Å². The fraction of sp³-hybridized carbons (Fsp3) is 0.286. The van der Waals surface area contributed by atoms with Crippen LogP contribution in [0.2, 0.25) is 5.02 Å². The number of aliphatic hydroxyl groups is 1. The van der Waals surface area contributed by atoms with Crippen molar-refractivity contribution >= 4 is 38.7 Å². The molecule has 2 fully saturated rings. The number of pyridine rings is 1. The monoisotopic (exact) mass is 567 g/mol. The Bertz CT molecular complexity index is 1670. The number of H-pyrrole nitrogens is 1. The van der Waals surface area contributed by atoms with E-state index in [0.29, 0.717) is 39.8 Å². The molecule has 11 heteroatoms. The minimum Gasteiger partial charge on any atom is -0.470 e. The highest BCUT2D eigenvalue weighted by atomic mass is 35.5. The molecule has 4 heterocycles. The molecule has 2 N–H and O–H groups in total. The van der Waals surface area contributed by atoms with Crippen molar-refractivity contribution in [2.45, 2.75) is 29.3 Å². The topological polar surface area (TPSA) is 123 Å². The van der Waals surface area contributed by atoms with Gasteiger partial charge in [-0.15, -0.1) is 0 Å². The smallest absolute Gasteiger partial charge is 0.203 e. The third-order valence-corrected chi connectivity index (χ3v) is 8.42. The van der Waals surface area contributed by atoms with Gasteiger partial charge in [-0.1, -0.05) is 48.0 Å². The first-order valence-corrected chi connectivity index (χ1v) is 14.6. The first-order chi connectivity index (χ1) is 18.7. The molecule has 0 saturated carbocycles. The zero-order valence-corrected chi connectivity index (χ0v) is 22.7. The van der Waals surface area contributed by atoms with Crippen molar-refractivity contribution < 1.29 is 27.7 Å². The molecule has 6 rings (SSSR count). The minimum absolute atomic E-state index is 0.219. The highest BCUT2D eigenvalue weighted by Gasteiger charge is 2.48. The van der Waals surface area contributed by atoms with Gasteiger partial charge >= 0.3 is 0 Å². The highest BCUT2D eigenvalue weighted by molar-refractivity contribution is 7.90. The molecule has 0 radical (unpaired) electrons. The number of aliphatic hydroxyl groups excluding tert-OH is 1. The fourth-order valence-corrected chi connectivity index (χ4v) is 5.93. The van der Waals surface area contributed by atoms with Crippen LogP contribution in [0.3, 0.4) is 0 Å². The number of sulfone groups is 1. The number of benzene rings is 2. The Hall–Kier alpha value is -3.28.